The van der Waals surface area contributed by atoms with E-state index in [2.05, 4.69) is 17.6 Å². The Bertz CT molecular complexity index is 873. The number of benzene rings is 1. The number of amides is 2. The maximum Gasteiger partial charge on any atom is 0.243 e. The Labute approximate surface area is 181 Å². The Kier molecular flexibility index (Phi) is 6.69. The number of nitrogens with zero attached hydrogens (tertiary/aromatic N) is 1. The van der Waals surface area contributed by atoms with Gasteiger partial charge in [0.15, 0.2) is 0 Å². The van der Waals surface area contributed by atoms with Crippen LogP contribution >= 0.6 is 11.4 Å². The van der Waals surface area contributed by atoms with Crippen molar-refractivity contribution in [3.05, 3.63) is 41.1 Å². The summed E-state index contributed by atoms with van der Waals surface area (Å²) < 4.78 is 0. The molecule has 0 bridgehead atoms. The lowest BCUT2D eigenvalue weighted by molar-refractivity contribution is -0.141. The summed E-state index contributed by atoms with van der Waals surface area (Å²) in [6.07, 6.45) is -0.493. The van der Waals surface area contributed by atoms with Gasteiger partial charge >= 0.3 is 0 Å². The predicted octanol–water partition coefficient (Wildman–Crippen LogP) is 1.15. The summed E-state index contributed by atoms with van der Waals surface area (Å²) in [5.41, 5.74) is 11.0. The van der Waals surface area contributed by atoms with Crippen LogP contribution in [0.1, 0.15) is 45.2 Å². The van der Waals surface area contributed by atoms with Gasteiger partial charge in [0.1, 0.15) is 6.04 Å². The van der Waals surface area contributed by atoms with Crippen molar-refractivity contribution < 1.29 is 14.7 Å². The third kappa shape index (κ3) is 4.94. The smallest absolute Gasteiger partial charge is 0.243 e. The molecule has 7 nitrogen and oxygen atoms in total. The first-order valence-corrected chi connectivity index (χ1v) is 11.2. The van der Waals surface area contributed by atoms with E-state index in [1.165, 1.54) is 9.81 Å². The lowest BCUT2D eigenvalue weighted by Crippen LogP contribution is -2.54. The SMILES string of the molecule is CC1=C(c2ccc(CNC(=O)[C@@H]3C[C@@H](O)CN3C(=O)[C@@H](N)C(C)(C)C)cc2)[SH]=CN1. The van der Waals surface area contributed by atoms with Crippen molar-refractivity contribution in [2.45, 2.75) is 58.8 Å². The monoisotopic (exact) mass is 432 g/mol. The lowest BCUT2D eigenvalue weighted by Gasteiger charge is -2.32. The minimum Gasteiger partial charge on any atom is -0.391 e. The number of rotatable bonds is 5. The van der Waals surface area contributed by atoms with Crippen molar-refractivity contribution in [3.63, 3.8) is 0 Å². The first-order chi connectivity index (χ1) is 14.1. The molecule has 0 aliphatic carbocycles. The quantitative estimate of drug-likeness (QED) is 0.354. The van der Waals surface area contributed by atoms with E-state index in [9.17, 15) is 14.7 Å². The number of likely N-dealkylation sites (tertiary alicyclic amines) is 1. The van der Waals surface area contributed by atoms with Gasteiger partial charge in [0.2, 0.25) is 11.8 Å². The van der Waals surface area contributed by atoms with Crippen LogP contribution in [0.5, 0.6) is 0 Å². The van der Waals surface area contributed by atoms with Crippen LogP contribution in [0.25, 0.3) is 4.91 Å². The highest BCUT2D eigenvalue weighted by molar-refractivity contribution is 8.06. The third-order valence-corrected chi connectivity index (χ3v) is 6.70. The topological polar surface area (TPSA) is 108 Å². The molecule has 8 heteroatoms. The van der Waals surface area contributed by atoms with Crippen molar-refractivity contribution in [1.29, 1.82) is 0 Å². The van der Waals surface area contributed by atoms with Gasteiger partial charge in [-0.25, -0.2) is 0 Å². The molecule has 5 N–H and O–H groups in total. The molecule has 2 heterocycles. The van der Waals surface area contributed by atoms with Crippen LogP contribution in [0.3, 0.4) is 0 Å². The van der Waals surface area contributed by atoms with Gasteiger partial charge in [0.25, 0.3) is 0 Å². The molecule has 1 aromatic carbocycles. The fourth-order valence-electron chi connectivity index (χ4n) is 3.59. The van der Waals surface area contributed by atoms with E-state index in [0.717, 1.165) is 28.2 Å². The second-order valence-corrected chi connectivity index (χ2v) is 9.99. The fourth-order valence-corrected chi connectivity index (χ4v) is 4.54. The zero-order valence-corrected chi connectivity index (χ0v) is 18.9. The molecule has 0 spiro atoms. The standard InChI is InChI=1S/C22H32N4O3S/c1-13-18(30-12-25-13)15-7-5-14(6-8-15)10-24-20(28)17-9-16(27)11-26(17)21(29)19(23)22(2,3)4/h5-8,12,16-17,19,25,27,30H,9-11,23H2,1-4H3,(H,24,28)/t16-,17+,19-/m1/s1. The molecule has 0 radical (unpaired) electrons. The highest BCUT2D eigenvalue weighted by atomic mass is 32.1. The summed E-state index contributed by atoms with van der Waals surface area (Å²) in [5.74, 6) is -0.565. The highest BCUT2D eigenvalue weighted by Crippen LogP contribution is 2.28. The molecule has 1 aromatic rings. The summed E-state index contributed by atoms with van der Waals surface area (Å²) in [6.45, 7) is 8.20. The molecule has 1 saturated heterocycles. The second kappa shape index (κ2) is 8.91. The molecule has 3 atom stereocenters. The molecule has 30 heavy (non-hydrogen) atoms. The first kappa shape index (κ1) is 22.5. The maximum absolute atomic E-state index is 12.8. The molecule has 0 saturated carbocycles. The first-order valence-electron chi connectivity index (χ1n) is 10.2. The molecular formula is C22H32N4O3S. The normalized spacial score (nSPS) is 22.5. The average molecular weight is 433 g/mol. The fraction of sp³-hybridized carbons (Fsp3) is 0.500. The van der Waals surface area contributed by atoms with E-state index >= 15 is 0 Å². The number of aliphatic hydroxyl groups excluding tert-OH is 1. The van der Waals surface area contributed by atoms with Crippen LogP contribution in [0.4, 0.5) is 0 Å². The van der Waals surface area contributed by atoms with Gasteiger partial charge in [-0.05, 0) is 23.5 Å². The zero-order valence-electron chi connectivity index (χ0n) is 18.0. The molecule has 2 aliphatic heterocycles. The van der Waals surface area contributed by atoms with E-state index in [4.69, 9.17) is 5.73 Å². The second-order valence-electron chi connectivity index (χ2n) is 9.03. The van der Waals surface area contributed by atoms with E-state index in [0.29, 0.717) is 6.54 Å². The van der Waals surface area contributed by atoms with Crippen LogP contribution < -0.4 is 16.4 Å². The largest absolute Gasteiger partial charge is 0.391 e. The third-order valence-electron chi connectivity index (χ3n) is 5.59. The summed E-state index contributed by atoms with van der Waals surface area (Å²) in [4.78, 5) is 28.3. The Hall–Kier alpha value is -2.16. The Morgan fingerprint density at radius 2 is 2.00 bits per heavy atom. The molecule has 1 fully saturated rings. The number of nitrogens with one attached hydrogen (secondary N) is 2. The molecule has 2 aliphatic rings. The number of carbonyl (C=O) groups excluding carboxylic acids is 2. The van der Waals surface area contributed by atoms with Gasteiger partial charge < -0.3 is 26.4 Å². The number of thiol groups is 1. The van der Waals surface area contributed by atoms with Gasteiger partial charge in [0, 0.05) is 35.6 Å². The summed E-state index contributed by atoms with van der Waals surface area (Å²) in [6, 6.07) is 6.64. The Balaban J connectivity index is 1.62. The Morgan fingerprint density at radius 1 is 1.33 bits per heavy atom. The minimum atomic E-state index is -0.731. The summed E-state index contributed by atoms with van der Waals surface area (Å²) >= 11 is 1.15. The number of aliphatic hydroxyl groups is 1. The van der Waals surface area contributed by atoms with Gasteiger partial charge in [-0.2, -0.15) is 11.4 Å². The van der Waals surface area contributed by atoms with Crippen LogP contribution in [0, 0.1) is 5.41 Å². The average Bonchev–Trinajstić information content (AvgIpc) is 3.30. The number of carbonyl (C=O) groups is 2. The molecule has 3 rings (SSSR count). The van der Waals surface area contributed by atoms with E-state index < -0.39 is 23.6 Å². The van der Waals surface area contributed by atoms with Gasteiger partial charge in [-0.15, -0.1) is 0 Å². The highest BCUT2D eigenvalue weighted by Gasteiger charge is 2.42. The number of allylic oxidation sites excluding steroid dienone is 1. The van der Waals surface area contributed by atoms with E-state index in [1.807, 2.05) is 50.5 Å². The molecule has 0 unspecified atom stereocenters. The minimum absolute atomic E-state index is 0.133. The van der Waals surface area contributed by atoms with Crippen molar-refractivity contribution in [2.24, 2.45) is 11.1 Å². The summed E-state index contributed by atoms with van der Waals surface area (Å²) in [5, 5.41) is 16.2. The summed E-state index contributed by atoms with van der Waals surface area (Å²) in [7, 11) is 0. The van der Waals surface area contributed by atoms with Crippen LogP contribution in [-0.2, 0) is 16.1 Å². The van der Waals surface area contributed by atoms with Gasteiger partial charge in [-0.3, -0.25) is 9.59 Å². The van der Waals surface area contributed by atoms with Crippen LogP contribution in [-0.4, -0.2) is 52.0 Å². The van der Waals surface area contributed by atoms with Crippen molar-refractivity contribution in [2.75, 3.05) is 6.54 Å². The number of hydrogen-bond donors (Lipinski definition) is 5. The van der Waals surface area contributed by atoms with Gasteiger partial charge in [-0.1, -0.05) is 45.0 Å². The van der Waals surface area contributed by atoms with Gasteiger partial charge in [0.05, 0.1) is 12.1 Å². The van der Waals surface area contributed by atoms with Crippen molar-refractivity contribution in [1.82, 2.24) is 15.5 Å². The predicted molar refractivity (Wildman–Crippen MR) is 123 cm³/mol. The molecule has 2 amide bonds. The number of nitrogens with two attached hydrogens (primary N) is 1. The van der Waals surface area contributed by atoms with Crippen LogP contribution in [0.15, 0.2) is 30.0 Å². The van der Waals surface area contributed by atoms with Crippen molar-refractivity contribution >= 4 is 33.6 Å². The lowest BCUT2D eigenvalue weighted by atomic mass is 9.86. The van der Waals surface area contributed by atoms with E-state index in [1.54, 1.807) is 0 Å². The van der Waals surface area contributed by atoms with Crippen LogP contribution in [0.2, 0.25) is 0 Å². The number of hydrogen-bond acceptors (Lipinski definition) is 5. The number of β-amino-alcohol motifs (C(OH)–C–C–N with tert-alkyl or cyclic N) is 1. The maximum atomic E-state index is 12.8. The molecule has 164 valence electrons. The molecule has 0 aromatic heterocycles. The molecular weight excluding hydrogens is 400 g/mol. The Morgan fingerprint density at radius 3 is 2.57 bits per heavy atom. The zero-order chi connectivity index (χ0) is 22.1. The van der Waals surface area contributed by atoms with Crippen molar-refractivity contribution in [3.8, 4) is 0 Å². The van der Waals surface area contributed by atoms with E-state index in [-0.39, 0.29) is 24.8 Å².